The van der Waals surface area contributed by atoms with Crippen LogP contribution in [-0.2, 0) is 11.2 Å². The molecule has 0 bridgehead atoms. The largest absolute Gasteiger partial charge is 0.471 e. The molecule has 0 aromatic carbocycles. The van der Waals surface area contributed by atoms with Crippen LogP contribution in [0, 0.1) is 0 Å². The number of carbonyl (C=O) groups is 1. The minimum Gasteiger partial charge on any atom is -0.471 e. The molecular weight excluding hydrogens is 306 g/mol. The summed E-state index contributed by atoms with van der Waals surface area (Å²) in [5, 5.41) is 0. The number of hydrogen-bond donors (Lipinski definition) is 0. The van der Waals surface area contributed by atoms with E-state index in [4.69, 9.17) is 4.74 Å². The Morgan fingerprint density at radius 2 is 2.21 bits per heavy atom. The number of ether oxygens (including phenoxy) is 1. The van der Waals surface area contributed by atoms with Crippen LogP contribution in [0.3, 0.4) is 0 Å². The van der Waals surface area contributed by atoms with Crippen molar-refractivity contribution in [1.82, 2.24) is 19.9 Å². The summed E-state index contributed by atoms with van der Waals surface area (Å²) in [5.41, 5.74) is 0.927. The fraction of sp³-hybridized carbons (Fsp3) is 0.412. The van der Waals surface area contributed by atoms with E-state index in [9.17, 15) is 4.79 Å². The van der Waals surface area contributed by atoms with Crippen LogP contribution in [-0.4, -0.2) is 59.0 Å². The summed E-state index contributed by atoms with van der Waals surface area (Å²) in [6, 6.07) is 3.76. The molecule has 1 aliphatic heterocycles. The average molecular weight is 327 g/mol. The topological polar surface area (TPSA) is 71.5 Å². The van der Waals surface area contributed by atoms with Crippen molar-refractivity contribution in [2.75, 3.05) is 32.1 Å². The molecule has 24 heavy (non-hydrogen) atoms. The van der Waals surface area contributed by atoms with Gasteiger partial charge in [-0.3, -0.25) is 14.8 Å². The molecule has 3 heterocycles. The van der Waals surface area contributed by atoms with Crippen molar-refractivity contribution in [2.45, 2.75) is 18.9 Å². The molecule has 1 atom stereocenters. The van der Waals surface area contributed by atoms with Crippen molar-refractivity contribution < 1.29 is 9.53 Å². The smallest absolute Gasteiger partial charge is 0.234 e. The highest BCUT2D eigenvalue weighted by molar-refractivity contribution is 5.79. The number of aromatic nitrogens is 3. The molecule has 2 aromatic heterocycles. The summed E-state index contributed by atoms with van der Waals surface area (Å²) in [7, 11) is 3.81. The number of nitrogens with zero attached hydrogens (tertiary/aromatic N) is 5. The van der Waals surface area contributed by atoms with Crippen molar-refractivity contribution in [2.24, 2.45) is 0 Å². The van der Waals surface area contributed by atoms with Crippen LogP contribution in [0.1, 0.15) is 12.0 Å². The third kappa shape index (κ3) is 3.98. The van der Waals surface area contributed by atoms with Crippen LogP contribution in [0.5, 0.6) is 5.88 Å². The maximum absolute atomic E-state index is 12.4. The summed E-state index contributed by atoms with van der Waals surface area (Å²) in [4.78, 5) is 28.7. The van der Waals surface area contributed by atoms with E-state index in [1.807, 2.05) is 36.0 Å². The van der Waals surface area contributed by atoms with Crippen LogP contribution in [0.25, 0.3) is 0 Å². The lowest BCUT2D eigenvalue weighted by atomic mass is 10.2. The highest BCUT2D eigenvalue weighted by atomic mass is 16.5. The molecule has 1 fully saturated rings. The predicted octanol–water partition coefficient (Wildman–Crippen LogP) is 1.16. The van der Waals surface area contributed by atoms with Crippen molar-refractivity contribution in [3.63, 3.8) is 0 Å². The van der Waals surface area contributed by atoms with Gasteiger partial charge < -0.3 is 14.5 Å². The molecule has 1 aliphatic rings. The summed E-state index contributed by atoms with van der Waals surface area (Å²) in [6.07, 6.45) is 7.84. The molecule has 0 spiro atoms. The van der Waals surface area contributed by atoms with Gasteiger partial charge in [-0.15, -0.1) is 0 Å². The quantitative estimate of drug-likeness (QED) is 0.821. The number of carbonyl (C=O) groups excluding carboxylic acids is 1. The van der Waals surface area contributed by atoms with Crippen molar-refractivity contribution in [1.29, 1.82) is 0 Å². The van der Waals surface area contributed by atoms with Crippen molar-refractivity contribution in [3.8, 4) is 5.88 Å². The maximum atomic E-state index is 12.4. The van der Waals surface area contributed by atoms with E-state index >= 15 is 0 Å². The Kier molecular flexibility index (Phi) is 4.88. The minimum atomic E-state index is -0.0467. The number of likely N-dealkylation sites (tertiary alicyclic amines) is 1. The van der Waals surface area contributed by atoms with E-state index in [1.165, 1.54) is 0 Å². The SMILES string of the molecule is CN(C)c1cncc(O[C@H]2CCN(C(=O)Cc3cccnc3)C2)n1. The van der Waals surface area contributed by atoms with E-state index in [-0.39, 0.29) is 12.0 Å². The third-order valence-electron chi connectivity index (χ3n) is 3.92. The fourth-order valence-corrected chi connectivity index (χ4v) is 2.62. The van der Waals surface area contributed by atoms with Crippen LogP contribution < -0.4 is 9.64 Å². The number of amides is 1. The molecule has 1 amide bonds. The summed E-state index contributed by atoms with van der Waals surface area (Å²) < 4.78 is 5.89. The molecule has 1 saturated heterocycles. The highest BCUT2D eigenvalue weighted by Crippen LogP contribution is 2.18. The Balaban J connectivity index is 1.55. The van der Waals surface area contributed by atoms with Crippen LogP contribution in [0.4, 0.5) is 5.82 Å². The Hall–Kier alpha value is -2.70. The molecule has 126 valence electrons. The van der Waals surface area contributed by atoms with Gasteiger partial charge in [0.15, 0.2) is 5.82 Å². The van der Waals surface area contributed by atoms with Gasteiger partial charge in [-0.2, -0.15) is 4.98 Å². The molecule has 0 saturated carbocycles. The zero-order chi connectivity index (χ0) is 16.9. The standard InChI is InChI=1S/C17H21N5O2/c1-21(2)15-10-19-11-16(20-15)24-14-5-7-22(12-14)17(23)8-13-4-3-6-18-9-13/h3-4,6,9-11,14H,5,7-8,12H2,1-2H3/t14-/m0/s1. The van der Waals surface area contributed by atoms with Crippen LogP contribution in [0.15, 0.2) is 36.9 Å². The van der Waals surface area contributed by atoms with Gasteiger partial charge >= 0.3 is 0 Å². The number of anilines is 1. The zero-order valence-electron chi connectivity index (χ0n) is 13.9. The predicted molar refractivity (Wildman–Crippen MR) is 89.9 cm³/mol. The Morgan fingerprint density at radius 1 is 1.33 bits per heavy atom. The second-order valence-corrected chi connectivity index (χ2v) is 6.02. The summed E-state index contributed by atoms with van der Waals surface area (Å²) >= 11 is 0. The molecule has 0 N–H and O–H groups in total. The van der Waals surface area contributed by atoms with E-state index in [1.54, 1.807) is 24.8 Å². The lowest BCUT2D eigenvalue weighted by Gasteiger charge is -2.17. The normalized spacial score (nSPS) is 16.9. The maximum Gasteiger partial charge on any atom is 0.234 e. The van der Waals surface area contributed by atoms with Gasteiger partial charge in [0.2, 0.25) is 11.8 Å². The summed E-state index contributed by atoms with van der Waals surface area (Å²) in [6.45, 7) is 1.28. The first-order valence-electron chi connectivity index (χ1n) is 7.94. The highest BCUT2D eigenvalue weighted by Gasteiger charge is 2.28. The Bertz CT molecular complexity index is 692. The lowest BCUT2D eigenvalue weighted by Crippen LogP contribution is -2.32. The van der Waals surface area contributed by atoms with E-state index in [0.717, 1.165) is 17.8 Å². The van der Waals surface area contributed by atoms with Gasteiger partial charge in [0.1, 0.15) is 6.10 Å². The second kappa shape index (κ2) is 7.25. The van der Waals surface area contributed by atoms with Gasteiger partial charge in [0.25, 0.3) is 0 Å². The molecule has 0 unspecified atom stereocenters. The molecule has 3 rings (SSSR count). The molecule has 0 aliphatic carbocycles. The Morgan fingerprint density at radius 3 is 2.96 bits per heavy atom. The van der Waals surface area contributed by atoms with E-state index < -0.39 is 0 Å². The first-order chi connectivity index (χ1) is 11.6. The van der Waals surface area contributed by atoms with Gasteiger partial charge in [-0.05, 0) is 11.6 Å². The fourth-order valence-electron chi connectivity index (χ4n) is 2.62. The molecule has 7 heteroatoms. The monoisotopic (exact) mass is 327 g/mol. The molecule has 2 aromatic rings. The Labute approximate surface area is 141 Å². The van der Waals surface area contributed by atoms with Gasteiger partial charge in [0.05, 0.1) is 25.4 Å². The third-order valence-corrected chi connectivity index (χ3v) is 3.92. The van der Waals surface area contributed by atoms with E-state index in [2.05, 4.69) is 15.0 Å². The zero-order valence-corrected chi connectivity index (χ0v) is 13.9. The molecule has 0 radical (unpaired) electrons. The van der Waals surface area contributed by atoms with Crippen molar-refractivity contribution in [3.05, 3.63) is 42.5 Å². The lowest BCUT2D eigenvalue weighted by molar-refractivity contribution is -0.129. The van der Waals surface area contributed by atoms with Crippen LogP contribution in [0.2, 0.25) is 0 Å². The van der Waals surface area contributed by atoms with Gasteiger partial charge in [-0.25, -0.2) is 0 Å². The first-order valence-corrected chi connectivity index (χ1v) is 7.94. The second-order valence-electron chi connectivity index (χ2n) is 6.02. The number of pyridine rings is 1. The van der Waals surface area contributed by atoms with Crippen molar-refractivity contribution >= 4 is 11.7 Å². The number of hydrogen-bond acceptors (Lipinski definition) is 6. The average Bonchev–Trinajstić information content (AvgIpc) is 3.04. The van der Waals surface area contributed by atoms with Crippen LogP contribution >= 0.6 is 0 Å². The molecular formula is C17H21N5O2. The minimum absolute atomic E-state index is 0.0467. The molecule has 7 nitrogen and oxygen atoms in total. The van der Waals surface area contributed by atoms with E-state index in [0.29, 0.717) is 25.4 Å². The number of rotatable bonds is 5. The first kappa shape index (κ1) is 16.2. The summed E-state index contributed by atoms with van der Waals surface area (Å²) in [5.74, 6) is 1.34. The van der Waals surface area contributed by atoms with Gasteiger partial charge in [0, 0.05) is 39.5 Å². The van der Waals surface area contributed by atoms with Gasteiger partial charge in [-0.1, -0.05) is 6.07 Å².